The van der Waals surface area contributed by atoms with E-state index >= 15 is 0 Å². The molecule has 1 atom stereocenters. The van der Waals surface area contributed by atoms with Gasteiger partial charge in [-0.2, -0.15) is 0 Å². The number of morpholine rings is 1. The van der Waals surface area contributed by atoms with Crippen molar-refractivity contribution in [3.05, 3.63) is 47.6 Å². The Balaban J connectivity index is 1.71. The van der Waals surface area contributed by atoms with Crippen molar-refractivity contribution in [3.63, 3.8) is 0 Å². The summed E-state index contributed by atoms with van der Waals surface area (Å²) in [7, 11) is 0. The van der Waals surface area contributed by atoms with Crippen LogP contribution >= 0.6 is 0 Å². The molecule has 7 heteroatoms. The number of pyridine rings is 1. The summed E-state index contributed by atoms with van der Waals surface area (Å²) in [4.78, 5) is 18.7. The van der Waals surface area contributed by atoms with Crippen LogP contribution in [0, 0.1) is 6.92 Å². The molecule has 1 aliphatic rings. The molecule has 1 fully saturated rings. The Labute approximate surface area is 134 Å². The van der Waals surface area contributed by atoms with E-state index in [9.17, 15) is 4.79 Å². The molecule has 3 rings (SSSR count). The van der Waals surface area contributed by atoms with Gasteiger partial charge in [0.1, 0.15) is 11.3 Å². The van der Waals surface area contributed by atoms with Gasteiger partial charge in [-0.15, -0.1) is 0 Å². The summed E-state index contributed by atoms with van der Waals surface area (Å²) in [5, 5.41) is 6.63. The van der Waals surface area contributed by atoms with E-state index in [0.717, 1.165) is 18.7 Å². The van der Waals surface area contributed by atoms with Gasteiger partial charge in [-0.25, -0.2) is 0 Å². The van der Waals surface area contributed by atoms with Gasteiger partial charge in [0, 0.05) is 32.0 Å². The highest BCUT2D eigenvalue weighted by Crippen LogP contribution is 2.20. The quantitative estimate of drug-likeness (QED) is 0.892. The zero-order valence-corrected chi connectivity index (χ0v) is 13.1. The number of carbonyl (C=O) groups excluding carboxylic acids is 1. The fraction of sp³-hybridized carbons (Fsp3) is 0.438. The zero-order chi connectivity index (χ0) is 16.1. The van der Waals surface area contributed by atoms with Crippen LogP contribution in [0.4, 0.5) is 0 Å². The molecule has 0 bridgehead atoms. The molecule has 0 unspecified atom stereocenters. The molecule has 23 heavy (non-hydrogen) atoms. The third-order valence-electron chi connectivity index (χ3n) is 4.03. The van der Waals surface area contributed by atoms with Gasteiger partial charge in [0.05, 0.1) is 25.5 Å². The van der Waals surface area contributed by atoms with Gasteiger partial charge in [0.25, 0.3) is 5.91 Å². The predicted molar refractivity (Wildman–Crippen MR) is 82.9 cm³/mol. The monoisotopic (exact) mass is 316 g/mol. The Morgan fingerprint density at radius 1 is 1.35 bits per heavy atom. The Morgan fingerprint density at radius 3 is 2.74 bits per heavy atom. The zero-order valence-electron chi connectivity index (χ0n) is 13.1. The van der Waals surface area contributed by atoms with Gasteiger partial charge in [0.15, 0.2) is 0 Å². The largest absolute Gasteiger partial charge is 0.379 e. The highest BCUT2D eigenvalue weighted by molar-refractivity contribution is 5.94. The summed E-state index contributed by atoms with van der Waals surface area (Å²) in [6.45, 7) is 5.34. The lowest BCUT2D eigenvalue weighted by atomic mass is 10.1. The average molecular weight is 316 g/mol. The lowest BCUT2D eigenvalue weighted by molar-refractivity contribution is 0.0162. The summed E-state index contributed by atoms with van der Waals surface area (Å²) in [6, 6.07) is 4.06. The number of hydrogen-bond donors (Lipinski definition) is 1. The Bertz CT molecular complexity index is 638. The van der Waals surface area contributed by atoms with Crippen LogP contribution in [-0.4, -0.2) is 53.8 Å². The number of nitrogens with zero attached hydrogens (tertiary/aromatic N) is 3. The molecule has 3 heterocycles. The molecular formula is C16H20N4O3. The molecular weight excluding hydrogens is 296 g/mol. The van der Waals surface area contributed by atoms with Crippen LogP contribution in [0.2, 0.25) is 0 Å². The van der Waals surface area contributed by atoms with Crippen LogP contribution in [0.25, 0.3) is 0 Å². The van der Waals surface area contributed by atoms with E-state index in [-0.39, 0.29) is 11.9 Å². The van der Waals surface area contributed by atoms with Crippen LogP contribution in [-0.2, 0) is 4.74 Å². The first-order valence-corrected chi connectivity index (χ1v) is 7.67. The van der Waals surface area contributed by atoms with Crippen molar-refractivity contribution in [3.8, 4) is 0 Å². The van der Waals surface area contributed by atoms with Gasteiger partial charge in [-0.3, -0.25) is 14.7 Å². The minimum absolute atomic E-state index is 0.0889. The number of rotatable bonds is 5. The Hall–Kier alpha value is -2.25. The average Bonchev–Trinajstić information content (AvgIpc) is 3.03. The van der Waals surface area contributed by atoms with Crippen molar-refractivity contribution in [2.24, 2.45) is 0 Å². The summed E-state index contributed by atoms with van der Waals surface area (Å²) in [6.07, 6.45) is 4.99. The maximum absolute atomic E-state index is 12.3. The van der Waals surface area contributed by atoms with Crippen LogP contribution < -0.4 is 5.32 Å². The molecule has 0 aromatic carbocycles. The van der Waals surface area contributed by atoms with Crippen molar-refractivity contribution in [2.45, 2.75) is 13.0 Å². The number of nitrogens with one attached hydrogen (secondary N) is 1. The van der Waals surface area contributed by atoms with E-state index in [2.05, 4.69) is 20.4 Å². The summed E-state index contributed by atoms with van der Waals surface area (Å²) < 4.78 is 10.4. The highest BCUT2D eigenvalue weighted by atomic mass is 16.5. The van der Waals surface area contributed by atoms with Crippen LogP contribution in [0.3, 0.4) is 0 Å². The highest BCUT2D eigenvalue weighted by Gasteiger charge is 2.24. The standard InChI is InChI=1S/C16H20N4O3/c1-12-14(10-19-23-12)16(21)18-11-15(13-2-4-17-5-3-13)20-6-8-22-9-7-20/h2-5,10,15H,6-9,11H2,1H3,(H,18,21)/t15-/m0/s1. The maximum Gasteiger partial charge on any atom is 0.256 e. The van der Waals surface area contributed by atoms with Crippen molar-refractivity contribution in [2.75, 3.05) is 32.8 Å². The topological polar surface area (TPSA) is 80.5 Å². The van der Waals surface area contributed by atoms with Gasteiger partial charge in [-0.1, -0.05) is 5.16 Å². The third-order valence-corrected chi connectivity index (χ3v) is 4.03. The minimum atomic E-state index is -0.170. The first-order chi connectivity index (χ1) is 11.3. The molecule has 1 saturated heterocycles. The molecule has 0 aliphatic carbocycles. The van der Waals surface area contributed by atoms with Crippen molar-refractivity contribution in [1.82, 2.24) is 20.4 Å². The van der Waals surface area contributed by atoms with Gasteiger partial charge < -0.3 is 14.6 Å². The SMILES string of the molecule is Cc1oncc1C(=O)NC[C@@H](c1ccncc1)N1CCOCC1. The number of aryl methyl sites for hydroxylation is 1. The second-order valence-electron chi connectivity index (χ2n) is 5.45. The summed E-state index contributed by atoms with van der Waals surface area (Å²) in [5.41, 5.74) is 1.60. The molecule has 2 aromatic heterocycles. The second-order valence-corrected chi connectivity index (χ2v) is 5.45. The van der Waals surface area contributed by atoms with Gasteiger partial charge >= 0.3 is 0 Å². The first kappa shape index (κ1) is 15.6. The smallest absolute Gasteiger partial charge is 0.256 e. The second kappa shape index (κ2) is 7.34. The Morgan fingerprint density at radius 2 is 2.09 bits per heavy atom. The van der Waals surface area contributed by atoms with Crippen LogP contribution in [0.15, 0.2) is 35.2 Å². The number of ether oxygens (including phenoxy) is 1. The number of carbonyl (C=O) groups is 1. The van der Waals surface area contributed by atoms with E-state index in [1.165, 1.54) is 6.20 Å². The van der Waals surface area contributed by atoms with Crippen molar-refractivity contribution in [1.29, 1.82) is 0 Å². The molecule has 1 aliphatic heterocycles. The predicted octanol–water partition coefficient (Wildman–Crippen LogP) is 1.18. The number of amides is 1. The summed E-state index contributed by atoms with van der Waals surface area (Å²) in [5.74, 6) is 0.352. The van der Waals surface area contributed by atoms with E-state index in [0.29, 0.717) is 31.1 Å². The lowest BCUT2D eigenvalue weighted by Gasteiger charge is -2.34. The third kappa shape index (κ3) is 3.75. The number of hydrogen-bond acceptors (Lipinski definition) is 6. The van der Waals surface area contributed by atoms with Crippen molar-refractivity contribution < 1.29 is 14.1 Å². The molecule has 7 nitrogen and oxygen atoms in total. The molecule has 2 aromatic rings. The maximum atomic E-state index is 12.3. The van der Waals surface area contributed by atoms with E-state index in [4.69, 9.17) is 9.26 Å². The summed E-state index contributed by atoms with van der Waals surface area (Å²) >= 11 is 0. The first-order valence-electron chi connectivity index (χ1n) is 7.67. The molecule has 0 spiro atoms. The van der Waals surface area contributed by atoms with Crippen molar-refractivity contribution >= 4 is 5.91 Å². The molecule has 0 radical (unpaired) electrons. The lowest BCUT2D eigenvalue weighted by Crippen LogP contribution is -2.43. The minimum Gasteiger partial charge on any atom is -0.379 e. The molecule has 1 amide bonds. The molecule has 0 saturated carbocycles. The van der Waals surface area contributed by atoms with E-state index in [1.54, 1.807) is 19.3 Å². The fourth-order valence-corrected chi connectivity index (χ4v) is 2.73. The van der Waals surface area contributed by atoms with E-state index in [1.807, 2.05) is 12.1 Å². The molecule has 1 N–H and O–H groups in total. The van der Waals surface area contributed by atoms with Crippen LogP contribution in [0.5, 0.6) is 0 Å². The van der Waals surface area contributed by atoms with Gasteiger partial charge in [-0.05, 0) is 24.6 Å². The fourth-order valence-electron chi connectivity index (χ4n) is 2.73. The van der Waals surface area contributed by atoms with Crippen LogP contribution in [0.1, 0.15) is 27.7 Å². The van der Waals surface area contributed by atoms with Gasteiger partial charge in [0.2, 0.25) is 0 Å². The normalized spacial score (nSPS) is 16.9. The Kier molecular flexibility index (Phi) is 4.99. The molecule has 122 valence electrons. The van der Waals surface area contributed by atoms with E-state index < -0.39 is 0 Å². The number of aromatic nitrogens is 2.